The Hall–Kier alpha value is -3.86. The number of hydrogen-bond acceptors (Lipinski definition) is 4. The maximum atomic E-state index is 12.2. The number of anilines is 1. The summed E-state index contributed by atoms with van der Waals surface area (Å²) < 4.78 is 10.7. The number of Topliss-reactive ketones (excluding diaryl/α,β-unsaturated/α-hetero) is 1. The fraction of sp³-hybridized carbons (Fsp3) is 0.0833. The number of nitrogens with one attached hydrogen (secondary N) is 1. The molecule has 1 aliphatic rings. The van der Waals surface area contributed by atoms with Gasteiger partial charge in [-0.3, -0.25) is 9.59 Å². The van der Waals surface area contributed by atoms with Gasteiger partial charge in [-0.05, 0) is 54.1 Å². The highest BCUT2D eigenvalue weighted by atomic mass is 16.5. The van der Waals surface area contributed by atoms with Crippen LogP contribution in [-0.4, -0.2) is 25.4 Å². The van der Waals surface area contributed by atoms with Crippen LogP contribution in [0.4, 0.5) is 5.69 Å². The van der Waals surface area contributed by atoms with E-state index in [0.29, 0.717) is 22.6 Å². The van der Waals surface area contributed by atoms with Crippen molar-refractivity contribution in [3.8, 4) is 11.5 Å². The van der Waals surface area contributed by atoms with E-state index >= 15 is 0 Å². The third-order valence-electron chi connectivity index (χ3n) is 4.68. The maximum absolute atomic E-state index is 12.2. The van der Waals surface area contributed by atoms with E-state index in [0.717, 1.165) is 16.8 Å². The van der Waals surface area contributed by atoms with Gasteiger partial charge in [-0.2, -0.15) is 0 Å². The molecule has 5 nitrogen and oxygen atoms in total. The smallest absolute Gasteiger partial charge is 0.256 e. The van der Waals surface area contributed by atoms with Crippen LogP contribution in [0.2, 0.25) is 0 Å². The Bertz CT molecular complexity index is 1080. The van der Waals surface area contributed by atoms with E-state index in [1.165, 1.54) is 0 Å². The van der Waals surface area contributed by atoms with Gasteiger partial charge in [0.25, 0.3) is 5.91 Å². The van der Waals surface area contributed by atoms with Crippen molar-refractivity contribution in [2.45, 2.75) is 0 Å². The summed E-state index contributed by atoms with van der Waals surface area (Å²) in [4.78, 5) is 24.5. The van der Waals surface area contributed by atoms with Gasteiger partial charge in [0, 0.05) is 22.4 Å². The molecule has 1 amide bonds. The number of carbonyl (C=O) groups is 2. The van der Waals surface area contributed by atoms with Crippen molar-refractivity contribution < 1.29 is 19.1 Å². The predicted molar refractivity (Wildman–Crippen MR) is 112 cm³/mol. The Morgan fingerprint density at radius 3 is 2.34 bits per heavy atom. The molecule has 0 aliphatic carbocycles. The normalized spacial score (nSPS) is 13.7. The Morgan fingerprint density at radius 1 is 0.931 bits per heavy atom. The van der Waals surface area contributed by atoms with Gasteiger partial charge < -0.3 is 14.8 Å². The second-order valence-corrected chi connectivity index (χ2v) is 6.57. The molecule has 0 bridgehead atoms. The molecular weight excluding hydrogens is 366 g/mol. The van der Waals surface area contributed by atoms with Crippen LogP contribution in [-0.2, 0) is 4.79 Å². The van der Waals surface area contributed by atoms with Crippen LogP contribution in [0.3, 0.4) is 0 Å². The molecule has 29 heavy (non-hydrogen) atoms. The van der Waals surface area contributed by atoms with Crippen molar-refractivity contribution in [3.63, 3.8) is 0 Å². The topological polar surface area (TPSA) is 64.6 Å². The number of benzene rings is 3. The third kappa shape index (κ3) is 4.04. The number of fused-ring (bicyclic) bond motifs is 1. The van der Waals surface area contributed by atoms with Gasteiger partial charge in [0.1, 0.15) is 11.5 Å². The van der Waals surface area contributed by atoms with Crippen LogP contribution >= 0.6 is 0 Å². The van der Waals surface area contributed by atoms with Gasteiger partial charge in [-0.25, -0.2) is 0 Å². The molecule has 0 fully saturated rings. The highest BCUT2D eigenvalue weighted by Crippen LogP contribution is 2.32. The zero-order valence-corrected chi connectivity index (χ0v) is 15.8. The van der Waals surface area contributed by atoms with E-state index < -0.39 is 0 Å². The monoisotopic (exact) mass is 385 g/mol. The van der Waals surface area contributed by atoms with Crippen molar-refractivity contribution in [1.82, 2.24) is 0 Å². The number of ketones is 1. The second kappa shape index (κ2) is 8.02. The lowest BCUT2D eigenvalue weighted by Crippen LogP contribution is -2.11. The lowest BCUT2D eigenvalue weighted by molar-refractivity contribution is -0.110. The summed E-state index contributed by atoms with van der Waals surface area (Å²) in [5.41, 5.74) is 3.78. The highest BCUT2D eigenvalue weighted by molar-refractivity contribution is 6.34. The SMILES string of the molecule is COc1ccc(C(=O)COc2ccc(C=C3C(=O)Nc4ccccc43)cc2)cc1. The average molecular weight is 385 g/mol. The molecule has 1 N–H and O–H groups in total. The summed E-state index contributed by atoms with van der Waals surface area (Å²) in [6.45, 7) is -0.0530. The average Bonchev–Trinajstić information content (AvgIpc) is 3.08. The van der Waals surface area contributed by atoms with E-state index in [1.54, 1.807) is 43.5 Å². The van der Waals surface area contributed by atoms with Gasteiger partial charge in [0.2, 0.25) is 0 Å². The van der Waals surface area contributed by atoms with Gasteiger partial charge in [-0.1, -0.05) is 30.3 Å². The number of ether oxygens (including phenoxy) is 2. The molecule has 3 aromatic rings. The molecule has 0 aromatic heterocycles. The van der Waals surface area contributed by atoms with Crippen molar-refractivity contribution in [1.29, 1.82) is 0 Å². The molecule has 3 aromatic carbocycles. The number of carbonyl (C=O) groups excluding carboxylic acids is 2. The zero-order valence-electron chi connectivity index (χ0n) is 15.8. The summed E-state index contributed by atoms with van der Waals surface area (Å²) >= 11 is 0. The van der Waals surface area contributed by atoms with Crippen molar-refractivity contribution in [2.75, 3.05) is 19.0 Å². The Kier molecular flexibility index (Phi) is 5.12. The minimum Gasteiger partial charge on any atom is -0.497 e. The summed E-state index contributed by atoms with van der Waals surface area (Å²) in [6, 6.07) is 21.8. The molecule has 4 rings (SSSR count). The second-order valence-electron chi connectivity index (χ2n) is 6.57. The van der Waals surface area contributed by atoms with Crippen LogP contribution < -0.4 is 14.8 Å². The first-order valence-electron chi connectivity index (χ1n) is 9.16. The summed E-state index contributed by atoms with van der Waals surface area (Å²) in [5, 5.41) is 2.86. The van der Waals surface area contributed by atoms with Crippen LogP contribution in [0, 0.1) is 0 Å². The molecule has 144 valence electrons. The first-order chi connectivity index (χ1) is 14.1. The van der Waals surface area contributed by atoms with Crippen molar-refractivity contribution in [3.05, 3.63) is 89.5 Å². The highest BCUT2D eigenvalue weighted by Gasteiger charge is 2.23. The third-order valence-corrected chi connectivity index (χ3v) is 4.68. The Labute approximate surface area is 168 Å². The molecule has 1 aliphatic heterocycles. The molecule has 1 heterocycles. The van der Waals surface area contributed by atoms with E-state index in [9.17, 15) is 9.59 Å². The Morgan fingerprint density at radius 2 is 1.62 bits per heavy atom. The lowest BCUT2D eigenvalue weighted by Gasteiger charge is -2.07. The standard InChI is InChI=1S/C24H19NO4/c1-28-18-12-8-17(9-13-18)23(26)15-29-19-10-6-16(7-11-19)14-21-20-4-2-3-5-22(20)25-24(21)27/h2-14H,15H2,1H3,(H,25,27). The number of hydrogen-bond donors (Lipinski definition) is 1. The molecular formula is C24H19NO4. The Balaban J connectivity index is 1.42. The largest absolute Gasteiger partial charge is 0.497 e. The fourth-order valence-electron chi connectivity index (χ4n) is 3.12. The molecule has 5 heteroatoms. The molecule has 0 spiro atoms. The summed E-state index contributed by atoms with van der Waals surface area (Å²) in [6.07, 6.45) is 1.84. The molecule has 0 radical (unpaired) electrons. The molecule has 0 saturated heterocycles. The lowest BCUT2D eigenvalue weighted by atomic mass is 10.0. The first kappa shape index (κ1) is 18.5. The predicted octanol–water partition coefficient (Wildman–Crippen LogP) is 4.45. The fourth-order valence-corrected chi connectivity index (χ4v) is 3.12. The molecule has 0 saturated carbocycles. The first-order valence-corrected chi connectivity index (χ1v) is 9.16. The molecule has 0 unspecified atom stereocenters. The van der Waals surface area contributed by atoms with Gasteiger partial charge in [0.15, 0.2) is 12.4 Å². The maximum Gasteiger partial charge on any atom is 0.256 e. The van der Waals surface area contributed by atoms with E-state index in [2.05, 4.69) is 5.32 Å². The van der Waals surface area contributed by atoms with E-state index in [4.69, 9.17) is 9.47 Å². The summed E-state index contributed by atoms with van der Waals surface area (Å²) in [5.74, 6) is 1.06. The quantitative estimate of drug-likeness (QED) is 0.503. The van der Waals surface area contributed by atoms with Gasteiger partial charge in [0.05, 0.1) is 7.11 Å². The van der Waals surface area contributed by atoms with Crippen LogP contribution in [0.15, 0.2) is 72.8 Å². The van der Waals surface area contributed by atoms with E-state index in [1.807, 2.05) is 42.5 Å². The zero-order chi connectivity index (χ0) is 20.2. The van der Waals surface area contributed by atoms with E-state index in [-0.39, 0.29) is 18.3 Å². The van der Waals surface area contributed by atoms with Gasteiger partial charge >= 0.3 is 0 Å². The molecule has 0 atom stereocenters. The number of rotatable bonds is 6. The van der Waals surface area contributed by atoms with Crippen LogP contribution in [0.1, 0.15) is 21.5 Å². The minimum absolute atomic E-state index is 0.0530. The number of para-hydroxylation sites is 1. The summed E-state index contributed by atoms with van der Waals surface area (Å²) in [7, 11) is 1.58. The van der Waals surface area contributed by atoms with Crippen LogP contribution in [0.5, 0.6) is 11.5 Å². The van der Waals surface area contributed by atoms with Gasteiger partial charge in [-0.15, -0.1) is 0 Å². The number of amides is 1. The number of methoxy groups -OCH3 is 1. The minimum atomic E-state index is -0.114. The van der Waals surface area contributed by atoms with Crippen molar-refractivity contribution >= 4 is 29.0 Å². The van der Waals surface area contributed by atoms with Crippen LogP contribution in [0.25, 0.3) is 11.6 Å². The van der Waals surface area contributed by atoms with Crippen molar-refractivity contribution in [2.24, 2.45) is 0 Å².